The monoisotopic (exact) mass is 355 g/mol. The molecule has 3 aromatic carbocycles. The second kappa shape index (κ2) is 7.92. The third kappa shape index (κ3) is 4.26. The van der Waals surface area contributed by atoms with Crippen molar-refractivity contribution < 1.29 is 9.47 Å². The Morgan fingerprint density at radius 1 is 0.704 bits per heavy atom. The van der Waals surface area contributed by atoms with Crippen LogP contribution in [-0.2, 0) is 13.2 Å². The highest BCUT2D eigenvalue weighted by Gasteiger charge is 2.03. The number of para-hydroxylation sites is 1. The molecule has 0 bridgehead atoms. The van der Waals surface area contributed by atoms with Crippen molar-refractivity contribution in [2.45, 2.75) is 20.1 Å². The molecule has 4 aromatic rings. The average Bonchev–Trinajstić information content (AvgIpc) is 2.72. The van der Waals surface area contributed by atoms with E-state index in [4.69, 9.17) is 9.47 Å². The lowest BCUT2D eigenvalue weighted by Gasteiger charge is -2.11. The van der Waals surface area contributed by atoms with Gasteiger partial charge in [-0.2, -0.15) is 0 Å². The van der Waals surface area contributed by atoms with Crippen molar-refractivity contribution in [2.24, 2.45) is 0 Å². The molecule has 3 nitrogen and oxygen atoms in total. The van der Waals surface area contributed by atoms with Crippen molar-refractivity contribution in [3.63, 3.8) is 0 Å². The van der Waals surface area contributed by atoms with Gasteiger partial charge in [0.2, 0.25) is 0 Å². The molecule has 0 N–H and O–H groups in total. The largest absolute Gasteiger partial charge is 0.489 e. The average molecular weight is 355 g/mol. The number of rotatable bonds is 6. The summed E-state index contributed by atoms with van der Waals surface area (Å²) >= 11 is 0. The molecule has 134 valence electrons. The van der Waals surface area contributed by atoms with Crippen molar-refractivity contribution in [3.8, 4) is 11.5 Å². The fourth-order valence-electron chi connectivity index (χ4n) is 2.93. The molecule has 0 fully saturated rings. The van der Waals surface area contributed by atoms with E-state index in [0.29, 0.717) is 13.2 Å². The highest BCUT2D eigenvalue weighted by molar-refractivity contribution is 5.78. The Kier molecular flexibility index (Phi) is 5.01. The van der Waals surface area contributed by atoms with Crippen LogP contribution in [0.1, 0.15) is 16.8 Å². The van der Waals surface area contributed by atoms with Crippen LogP contribution in [0, 0.1) is 6.92 Å². The summed E-state index contributed by atoms with van der Waals surface area (Å²) in [6.45, 7) is 3.06. The lowest BCUT2D eigenvalue weighted by molar-refractivity contribution is 0.287. The summed E-state index contributed by atoms with van der Waals surface area (Å²) in [5, 5.41) is 1.13. The molecule has 0 saturated carbocycles. The van der Waals surface area contributed by atoms with Gasteiger partial charge in [0.15, 0.2) is 0 Å². The predicted molar refractivity (Wildman–Crippen MR) is 108 cm³/mol. The normalized spacial score (nSPS) is 10.7. The summed E-state index contributed by atoms with van der Waals surface area (Å²) in [5.41, 5.74) is 4.30. The maximum absolute atomic E-state index is 5.93. The summed E-state index contributed by atoms with van der Waals surface area (Å²) in [6, 6.07) is 28.1. The number of pyridine rings is 1. The fourth-order valence-corrected chi connectivity index (χ4v) is 2.93. The van der Waals surface area contributed by atoms with Gasteiger partial charge in [-0.25, -0.2) is 4.98 Å². The zero-order valence-electron chi connectivity index (χ0n) is 15.3. The van der Waals surface area contributed by atoms with E-state index in [1.54, 1.807) is 0 Å². The second-order valence-corrected chi connectivity index (χ2v) is 6.47. The molecule has 27 heavy (non-hydrogen) atoms. The maximum Gasteiger partial charge on any atom is 0.130 e. The summed E-state index contributed by atoms with van der Waals surface area (Å²) in [6.07, 6.45) is 0. The molecular formula is C24H21NO2. The first kappa shape index (κ1) is 17.1. The number of hydrogen-bond donors (Lipinski definition) is 0. The number of hydrogen-bond acceptors (Lipinski definition) is 3. The van der Waals surface area contributed by atoms with E-state index >= 15 is 0 Å². The van der Waals surface area contributed by atoms with Gasteiger partial charge in [0.05, 0.1) is 11.2 Å². The topological polar surface area (TPSA) is 31.4 Å². The van der Waals surface area contributed by atoms with E-state index in [0.717, 1.165) is 28.1 Å². The zero-order chi connectivity index (χ0) is 18.5. The third-order valence-electron chi connectivity index (χ3n) is 4.50. The zero-order valence-corrected chi connectivity index (χ0v) is 15.3. The Morgan fingerprint density at radius 2 is 1.44 bits per heavy atom. The number of aryl methyl sites for hydroxylation is 1. The highest BCUT2D eigenvalue weighted by atomic mass is 16.5. The minimum atomic E-state index is 0.423. The van der Waals surface area contributed by atoms with E-state index in [2.05, 4.69) is 36.2 Å². The quantitative estimate of drug-likeness (QED) is 0.444. The molecule has 0 atom stereocenters. The lowest BCUT2D eigenvalue weighted by atomic mass is 10.1. The van der Waals surface area contributed by atoms with Gasteiger partial charge in [0, 0.05) is 11.5 Å². The molecule has 0 radical (unpaired) electrons. The molecule has 0 aliphatic rings. The van der Waals surface area contributed by atoms with Crippen LogP contribution in [0.3, 0.4) is 0 Å². The Morgan fingerprint density at radius 3 is 2.30 bits per heavy atom. The van der Waals surface area contributed by atoms with E-state index in [1.165, 1.54) is 11.1 Å². The molecular weight excluding hydrogens is 334 g/mol. The Balaban J connectivity index is 1.40. The van der Waals surface area contributed by atoms with E-state index in [1.807, 2.05) is 60.7 Å². The fraction of sp³-hybridized carbons (Fsp3) is 0.125. The lowest BCUT2D eigenvalue weighted by Crippen LogP contribution is -2.00. The van der Waals surface area contributed by atoms with Crippen molar-refractivity contribution in [3.05, 3.63) is 102 Å². The summed E-state index contributed by atoms with van der Waals surface area (Å²) < 4.78 is 11.8. The maximum atomic E-state index is 5.93. The van der Waals surface area contributed by atoms with Gasteiger partial charge in [-0.1, -0.05) is 54.6 Å². The third-order valence-corrected chi connectivity index (χ3v) is 4.50. The van der Waals surface area contributed by atoms with Crippen LogP contribution >= 0.6 is 0 Å². The van der Waals surface area contributed by atoms with Gasteiger partial charge in [-0.05, 0) is 42.3 Å². The SMILES string of the molecule is Cc1ccccc1COc1cccc(OCc2ccc3ccccc3n2)c1. The van der Waals surface area contributed by atoms with Crippen LogP contribution in [0.2, 0.25) is 0 Å². The van der Waals surface area contributed by atoms with Crippen molar-refractivity contribution in [2.75, 3.05) is 0 Å². The van der Waals surface area contributed by atoms with E-state index in [-0.39, 0.29) is 0 Å². The minimum absolute atomic E-state index is 0.423. The van der Waals surface area contributed by atoms with Crippen LogP contribution in [0.4, 0.5) is 0 Å². The van der Waals surface area contributed by atoms with Gasteiger partial charge in [-0.3, -0.25) is 0 Å². The second-order valence-electron chi connectivity index (χ2n) is 6.47. The number of aromatic nitrogens is 1. The van der Waals surface area contributed by atoms with E-state index < -0.39 is 0 Å². The number of nitrogens with zero attached hydrogens (tertiary/aromatic N) is 1. The van der Waals surface area contributed by atoms with Crippen LogP contribution in [0.5, 0.6) is 11.5 Å². The number of fused-ring (bicyclic) bond motifs is 1. The highest BCUT2D eigenvalue weighted by Crippen LogP contribution is 2.22. The Bertz CT molecular complexity index is 1060. The van der Waals surface area contributed by atoms with Gasteiger partial charge >= 0.3 is 0 Å². The summed E-state index contributed by atoms with van der Waals surface area (Å²) in [5.74, 6) is 1.56. The first-order valence-electron chi connectivity index (χ1n) is 9.03. The van der Waals surface area contributed by atoms with Crippen LogP contribution < -0.4 is 9.47 Å². The molecule has 1 heterocycles. The molecule has 0 saturated heterocycles. The first-order chi connectivity index (χ1) is 13.3. The van der Waals surface area contributed by atoms with Gasteiger partial charge in [0.1, 0.15) is 24.7 Å². The summed E-state index contributed by atoms with van der Waals surface area (Å²) in [7, 11) is 0. The van der Waals surface area contributed by atoms with Crippen LogP contribution in [0.15, 0.2) is 84.9 Å². The molecule has 0 aliphatic heterocycles. The van der Waals surface area contributed by atoms with Crippen molar-refractivity contribution >= 4 is 10.9 Å². The van der Waals surface area contributed by atoms with Crippen molar-refractivity contribution in [1.29, 1.82) is 0 Å². The molecule has 3 heteroatoms. The Labute approximate surface area is 159 Å². The molecule has 0 unspecified atom stereocenters. The molecule has 4 rings (SSSR count). The standard InChI is InChI=1S/C24H21NO2/c1-18-7-2-3-9-20(18)16-26-22-10-6-11-23(15-22)27-17-21-14-13-19-8-4-5-12-24(19)25-21/h2-15H,16-17H2,1H3. The smallest absolute Gasteiger partial charge is 0.130 e. The first-order valence-corrected chi connectivity index (χ1v) is 9.03. The molecule has 0 spiro atoms. The number of benzene rings is 3. The van der Waals surface area contributed by atoms with Crippen LogP contribution in [-0.4, -0.2) is 4.98 Å². The van der Waals surface area contributed by atoms with Crippen LogP contribution in [0.25, 0.3) is 10.9 Å². The van der Waals surface area contributed by atoms with Gasteiger partial charge in [-0.15, -0.1) is 0 Å². The summed E-state index contributed by atoms with van der Waals surface area (Å²) in [4.78, 5) is 4.64. The predicted octanol–water partition coefficient (Wildman–Crippen LogP) is 5.70. The molecule has 0 aliphatic carbocycles. The van der Waals surface area contributed by atoms with Gasteiger partial charge < -0.3 is 9.47 Å². The molecule has 0 amide bonds. The molecule has 1 aromatic heterocycles. The van der Waals surface area contributed by atoms with Gasteiger partial charge in [0.25, 0.3) is 0 Å². The van der Waals surface area contributed by atoms with E-state index in [9.17, 15) is 0 Å². The van der Waals surface area contributed by atoms with Crippen molar-refractivity contribution in [1.82, 2.24) is 4.98 Å². The Hall–Kier alpha value is -3.33. The minimum Gasteiger partial charge on any atom is -0.489 e. The number of ether oxygens (including phenoxy) is 2.